The Morgan fingerprint density at radius 1 is 1.31 bits per heavy atom. The number of ether oxygens (including phenoxy) is 3. The molecule has 0 aromatic heterocycles. The third-order valence-corrected chi connectivity index (χ3v) is 5.91. The van der Waals surface area contributed by atoms with Crippen molar-refractivity contribution in [3.05, 3.63) is 17.7 Å². The fraction of sp³-hybridized carbons (Fsp3) is 0.562. The van der Waals surface area contributed by atoms with Gasteiger partial charge in [-0.15, -0.1) is 0 Å². The van der Waals surface area contributed by atoms with Crippen LogP contribution in [0.15, 0.2) is 17.0 Å². The minimum absolute atomic E-state index is 0.0393. The van der Waals surface area contributed by atoms with Gasteiger partial charge in [-0.25, -0.2) is 8.42 Å². The van der Waals surface area contributed by atoms with Crippen molar-refractivity contribution in [2.45, 2.75) is 17.9 Å². The summed E-state index contributed by atoms with van der Waals surface area (Å²) in [7, 11) is -1.03. The zero-order valence-corrected chi connectivity index (χ0v) is 16.0. The highest BCUT2D eigenvalue weighted by Gasteiger charge is 2.30. The van der Waals surface area contributed by atoms with E-state index in [1.54, 1.807) is 6.92 Å². The molecule has 1 amide bonds. The van der Waals surface area contributed by atoms with Crippen LogP contribution in [0.2, 0.25) is 0 Å². The Labute approximate surface area is 153 Å². The lowest BCUT2D eigenvalue weighted by atomic mass is 10.1. The molecule has 1 atom stereocenters. The molecule has 1 aromatic carbocycles. The first-order valence-electron chi connectivity index (χ1n) is 8.20. The standard InChI is InChI=1S/C16H25N3O6S/c1-11(10-17)18-16(20)13-8-12(9-14(23-2)15(13)24-3)26(21,22)19-4-6-25-7-5-19/h8-9,11H,4-7,10,17H2,1-3H3,(H,18,20)/t11-/m0/s1. The van der Waals surface area contributed by atoms with E-state index < -0.39 is 15.9 Å². The van der Waals surface area contributed by atoms with E-state index >= 15 is 0 Å². The molecular formula is C16H25N3O6S. The maximum absolute atomic E-state index is 12.9. The van der Waals surface area contributed by atoms with Crippen LogP contribution >= 0.6 is 0 Å². The maximum atomic E-state index is 12.9. The molecule has 0 bridgehead atoms. The van der Waals surface area contributed by atoms with Gasteiger partial charge in [-0.3, -0.25) is 4.79 Å². The molecule has 1 aromatic rings. The van der Waals surface area contributed by atoms with E-state index in [0.29, 0.717) is 13.2 Å². The Hall–Kier alpha value is -1.88. The minimum atomic E-state index is -3.80. The summed E-state index contributed by atoms with van der Waals surface area (Å²) in [5, 5.41) is 2.70. The van der Waals surface area contributed by atoms with Gasteiger partial charge in [0.25, 0.3) is 5.91 Å². The Morgan fingerprint density at radius 3 is 2.50 bits per heavy atom. The minimum Gasteiger partial charge on any atom is -0.493 e. The van der Waals surface area contributed by atoms with Gasteiger partial charge in [0.1, 0.15) is 0 Å². The molecule has 0 unspecified atom stereocenters. The summed E-state index contributed by atoms with van der Waals surface area (Å²) in [5.41, 5.74) is 5.61. The average molecular weight is 387 g/mol. The number of morpholine rings is 1. The molecule has 1 saturated heterocycles. The first-order chi connectivity index (χ1) is 12.3. The summed E-state index contributed by atoms with van der Waals surface area (Å²) >= 11 is 0. The van der Waals surface area contributed by atoms with Crippen LogP contribution in [-0.2, 0) is 14.8 Å². The van der Waals surface area contributed by atoms with Gasteiger partial charge in [0.15, 0.2) is 11.5 Å². The number of carbonyl (C=O) groups excluding carboxylic acids is 1. The number of hydrogen-bond donors (Lipinski definition) is 2. The Morgan fingerprint density at radius 2 is 1.96 bits per heavy atom. The lowest BCUT2D eigenvalue weighted by Gasteiger charge is -2.26. The van der Waals surface area contributed by atoms with E-state index in [0.717, 1.165) is 0 Å². The van der Waals surface area contributed by atoms with Gasteiger partial charge in [0.2, 0.25) is 10.0 Å². The zero-order chi connectivity index (χ0) is 19.3. The molecule has 1 heterocycles. The summed E-state index contributed by atoms with van der Waals surface area (Å²) in [6.07, 6.45) is 0. The normalized spacial score (nSPS) is 16.8. The molecule has 146 valence electrons. The van der Waals surface area contributed by atoms with E-state index in [4.69, 9.17) is 19.9 Å². The number of amides is 1. The summed E-state index contributed by atoms with van der Waals surface area (Å²) < 4.78 is 42.9. The SMILES string of the molecule is COc1cc(S(=O)(=O)N2CCOCC2)cc(C(=O)N[C@@H](C)CN)c1OC. The summed E-state index contributed by atoms with van der Waals surface area (Å²) in [6, 6.07) is 2.37. The van der Waals surface area contributed by atoms with Gasteiger partial charge < -0.3 is 25.3 Å². The Kier molecular flexibility index (Phi) is 6.81. The van der Waals surface area contributed by atoms with Crippen LogP contribution in [-0.4, -0.2) is 71.7 Å². The van der Waals surface area contributed by atoms with Crippen LogP contribution in [0, 0.1) is 0 Å². The van der Waals surface area contributed by atoms with Crippen LogP contribution in [0.1, 0.15) is 17.3 Å². The van der Waals surface area contributed by atoms with Crippen molar-refractivity contribution in [3.8, 4) is 11.5 Å². The second-order valence-electron chi connectivity index (χ2n) is 5.83. The predicted octanol–water partition coefficient (Wildman–Crippen LogP) is -0.198. The number of nitrogens with zero attached hydrogens (tertiary/aromatic N) is 1. The third-order valence-electron chi connectivity index (χ3n) is 4.04. The third kappa shape index (κ3) is 4.26. The topological polar surface area (TPSA) is 120 Å². The van der Waals surface area contributed by atoms with Gasteiger partial charge in [0, 0.05) is 31.7 Å². The fourth-order valence-electron chi connectivity index (χ4n) is 2.55. The smallest absolute Gasteiger partial charge is 0.255 e. The number of carbonyl (C=O) groups is 1. The molecule has 0 saturated carbocycles. The van der Waals surface area contributed by atoms with E-state index in [2.05, 4.69) is 5.32 Å². The van der Waals surface area contributed by atoms with Crippen molar-refractivity contribution in [2.24, 2.45) is 5.73 Å². The molecule has 0 aliphatic carbocycles. The number of methoxy groups -OCH3 is 2. The van der Waals surface area contributed by atoms with Crippen molar-refractivity contribution < 1.29 is 27.4 Å². The highest BCUT2D eigenvalue weighted by Crippen LogP contribution is 2.35. The second-order valence-corrected chi connectivity index (χ2v) is 7.77. The Balaban J connectivity index is 2.50. The largest absolute Gasteiger partial charge is 0.493 e. The van der Waals surface area contributed by atoms with Crippen molar-refractivity contribution in [3.63, 3.8) is 0 Å². The molecule has 0 spiro atoms. The number of rotatable bonds is 7. The van der Waals surface area contributed by atoms with Crippen molar-refractivity contribution in [1.29, 1.82) is 0 Å². The molecule has 1 aliphatic heterocycles. The van der Waals surface area contributed by atoms with E-state index in [1.807, 2.05) is 0 Å². The van der Waals surface area contributed by atoms with Gasteiger partial charge >= 0.3 is 0 Å². The molecule has 26 heavy (non-hydrogen) atoms. The quantitative estimate of drug-likeness (QED) is 0.665. The van der Waals surface area contributed by atoms with Crippen molar-refractivity contribution in [1.82, 2.24) is 9.62 Å². The van der Waals surface area contributed by atoms with E-state index in [9.17, 15) is 13.2 Å². The number of nitrogens with two attached hydrogens (primary N) is 1. The second kappa shape index (κ2) is 8.67. The summed E-state index contributed by atoms with van der Waals surface area (Å²) in [5.74, 6) is -0.167. The first-order valence-corrected chi connectivity index (χ1v) is 9.64. The molecule has 10 heteroatoms. The molecule has 3 N–H and O–H groups in total. The van der Waals surface area contributed by atoms with Crippen LogP contribution < -0.4 is 20.5 Å². The lowest BCUT2D eigenvalue weighted by Crippen LogP contribution is -2.41. The maximum Gasteiger partial charge on any atom is 0.255 e. The predicted molar refractivity (Wildman–Crippen MR) is 95.1 cm³/mol. The first kappa shape index (κ1) is 20.4. The van der Waals surface area contributed by atoms with E-state index in [-0.39, 0.29) is 47.6 Å². The highest BCUT2D eigenvalue weighted by atomic mass is 32.2. The van der Waals surface area contributed by atoms with Gasteiger partial charge in [-0.1, -0.05) is 0 Å². The van der Waals surface area contributed by atoms with Crippen molar-refractivity contribution >= 4 is 15.9 Å². The van der Waals surface area contributed by atoms with Crippen LogP contribution in [0.5, 0.6) is 11.5 Å². The number of benzene rings is 1. The molecular weight excluding hydrogens is 362 g/mol. The van der Waals surface area contributed by atoms with Crippen LogP contribution in [0.25, 0.3) is 0 Å². The zero-order valence-electron chi connectivity index (χ0n) is 15.1. The molecule has 2 rings (SSSR count). The van der Waals surface area contributed by atoms with E-state index in [1.165, 1.54) is 30.7 Å². The highest BCUT2D eigenvalue weighted by molar-refractivity contribution is 7.89. The van der Waals surface area contributed by atoms with Gasteiger partial charge in [0.05, 0.1) is 37.9 Å². The van der Waals surface area contributed by atoms with Gasteiger partial charge in [-0.2, -0.15) is 4.31 Å². The number of sulfonamides is 1. The fourth-order valence-corrected chi connectivity index (χ4v) is 4.00. The van der Waals surface area contributed by atoms with Crippen LogP contribution in [0.4, 0.5) is 0 Å². The number of hydrogen-bond acceptors (Lipinski definition) is 7. The lowest BCUT2D eigenvalue weighted by molar-refractivity contribution is 0.0730. The van der Waals surface area contributed by atoms with Crippen molar-refractivity contribution in [2.75, 3.05) is 47.1 Å². The number of nitrogens with one attached hydrogen (secondary N) is 1. The molecule has 1 fully saturated rings. The molecule has 1 aliphatic rings. The van der Waals surface area contributed by atoms with Crippen LogP contribution in [0.3, 0.4) is 0 Å². The molecule has 9 nitrogen and oxygen atoms in total. The van der Waals surface area contributed by atoms with Gasteiger partial charge in [-0.05, 0) is 13.0 Å². The summed E-state index contributed by atoms with van der Waals surface area (Å²) in [4.78, 5) is 12.5. The Bertz CT molecular complexity index is 747. The molecule has 0 radical (unpaired) electrons. The summed E-state index contributed by atoms with van der Waals surface area (Å²) in [6.45, 7) is 3.15. The monoisotopic (exact) mass is 387 g/mol. The average Bonchev–Trinajstić information content (AvgIpc) is 2.67.